The normalized spacial score (nSPS) is 31.6. The lowest BCUT2D eigenvalue weighted by molar-refractivity contribution is 0.0364. The number of rotatable bonds is 1. The van der Waals surface area contributed by atoms with E-state index in [2.05, 4.69) is 0 Å². The first-order valence-electron chi connectivity index (χ1n) is 6.46. The topological polar surface area (TPSA) is 29.5 Å². The number of fused-ring (bicyclic) bond motifs is 1. The first-order chi connectivity index (χ1) is 8.74. The van der Waals surface area contributed by atoms with Crippen LogP contribution in [0.4, 0.5) is 4.39 Å². The highest BCUT2D eigenvalue weighted by atomic mass is 32.2. The zero-order valence-electron chi connectivity index (χ0n) is 10.1. The van der Waals surface area contributed by atoms with Gasteiger partial charge in [-0.3, -0.25) is 0 Å². The Morgan fingerprint density at radius 2 is 2.28 bits per heavy atom. The first-order valence-corrected chi connectivity index (χ1v) is 7.61. The molecule has 1 N–H and O–H groups in total. The van der Waals surface area contributed by atoms with Crippen molar-refractivity contribution in [2.45, 2.75) is 31.5 Å². The van der Waals surface area contributed by atoms with E-state index in [-0.39, 0.29) is 11.9 Å². The number of ether oxygens (including phenoxy) is 1. The molecule has 3 rings (SSSR count). The van der Waals surface area contributed by atoms with Gasteiger partial charge in [0, 0.05) is 17.9 Å². The van der Waals surface area contributed by atoms with Crippen LogP contribution in [0, 0.1) is 11.7 Å². The minimum absolute atomic E-state index is 0.0748. The van der Waals surface area contributed by atoms with Gasteiger partial charge >= 0.3 is 0 Å². The van der Waals surface area contributed by atoms with Crippen LogP contribution in [0.25, 0.3) is 0 Å². The van der Waals surface area contributed by atoms with E-state index in [1.165, 1.54) is 30.7 Å². The predicted octanol–water partition coefficient (Wildman–Crippen LogP) is 3.15. The molecule has 1 fully saturated rings. The van der Waals surface area contributed by atoms with Gasteiger partial charge in [0.15, 0.2) is 0 Å². The van der Waals surface area contributed by atoms with Crippen molar-refractivity contribution in [3.8, 4) is 5.75 Å². The molecule has 2 aliphatic heterocycles. The van der Waals surface area contributed by atoms with E-state index in [4.69, 9.17) is 4.74 Å². The van der Waals surface area contributed by atoms with Crippen LogP contribution in [0.3, 0.4) is 0 Å². The van der Waals surface area contributed by atoms with E-state index in [1.54, 1.807) is 6.07 Å². The monoisotopic (exact) mass is 268 g/mol. The number of halogens is 1. The molecule has 1 aromatic carbocycles. The summed E-state index contributed by atoms with van der Waals surface area (Å²) in [5.74, 6) is 3.18. The fraction of sp³-hybridized carbons (Fsp3) is 0.571. The van der Waals surface area contributed by atoms with Gasteiger partial charge in [0.25, 0.3) is 0 Å². The summed E-state index contributed by atoms with van der Waals surface area (Å²) in [4.78, 5) is 0. The maximum Gasteiger partial charge on any atom is 0.125 e. The average molecular weight is 268 g/mol. The van der Waals surface area contributed by atoms with Crippen LogP contribution in [-0.2, 0) is 0 Å². The third-order valence-corrected chi connectivity index (χ3v) is 5.03. The summed E-state index contributed by atoms with van der Waals surface area (Å²) in [7, 11) is 0. The number of hydrogen-bond acceptors (Lipinski definition) is 3. The maximum atomic E-state index is 13.1. The Bertz CT molecular complexity index is 432. The van der Waals surface area contributed by atoms with Gasteiger partial charge in [-0.1, -0.05) is 0 Å². The summed E-state index contributed by atoms with van der Waals surface area (Å²) in [5.41, 5.74) is 0.592. The van der Waals surface area contributed by atoms with E-state index in [0.717, 1.165) is 5.75 Å². The second-order valence-corrected chi connectivity index (χ2v) is 6.22. The lowest BCUT2D eigenvalue weighted by Crippen LogP contribution is -2.35. The fourth-order valence-electron chi connectivity index (χ4n) is 2.79. The molecule has 1 saturated heterocycles. The fourth-order valence-corrected chi connectivity index (χ4v) is 4.01. The summed E-state index contributed by atoms with van der Waals surface area (Å²) < 4.78 is 19.1. The Hall–Kier alpha value is -0.740. The summed E-state index contributed by atoms with van der Waals surface area (Å²) in [5, 5.41) is 10.1. The van der Waals surface area contributed by atoms with Crippen molar-refractivity contribution < 1.29 is 14.2 Å². The van der Waals surface area contributed by atoms with E-state index in [0.29, 0.717) is 23.7 Å². The number of thioether (sulfide) groups is 1. The molecule has 1 aromatic rings. The van der Waals surface area contributed by atoms with Gasteiger partial charge in [-0.05, 0) is 42.5 Å². The molecule has 0 aliphatic carbocycles. The molecule has 3 atom stereocenters. The van der Waals surface area contributed by atoms with Crippen molar-refractivity contribution in [3.63, 3.8) is 0 Å². The molecule has 0 saturated carbocycles. The Labute approximate surface area is 111 Å². The summed E-state index contributed by atoms with van der Waals surface area (Å²) in [6, 6.07) is 4.41. The lowest BCUT2D eigenvalue weighted by atomic mass is 9.89. The van der Waals surface area contributed by atoms with Crippen LogP contribution in [-0.4, -0.2) is 22.7 Å². The molecule has 0 amide bonds. The molecular formula is C14H17FO2S. The van der Waals surface area contributed by atoms with Crippen molar-refractivity contribution in [2.24, 2.45) is 5.92 Å². The molecule has 0 aromatic heterocycles. The number of benzene rings is 1. The molecule has 2 aliphatic rings. The van der Waals surface area contributed by atoms with Gasteiger partial charge in [0.2, 0.25) is 0 Å². The van der Waals surface area contributed by atoms with Gasteiger partial charge in [-0.15, -0.1) is 0 Å². The molecule has 0 spiro atoms. The highest BCUT2D eigenvalue weighted by molar-refractivity contribution is 7.99. The SMILES string of the molecule is OC1CC(C2CCCSC2)Oc2ccc(F)cc21. The van der Waals surface area contributed by atoms with Crippen LogP contribution in [0.5, 0.6) is 5.75 Å². The molecular weight excluding hydrogens is 251 g/mol. The second kappa shape index (κ2) is 5.10. The number of aliphatic hydroxyl groups excluding tert-OH is 1. The van der Waals surface area contributed by atoms with Crippen molar-refractivity contribution in [3.05, 3.63) is 29.6 Å². The minimum atomic E-state index is -0.596. The van der Waals surface area contributed by atoms with Crippen LogP contribution in [0.1, 0.15) is 30.9 Å². The molecule has 98 valence electrons. The third-order valence-electron chi connectivity index (χ3n) is 3.79. The Kier molecular flexibility index (Phi) is 3.48. The van der Waals surface area contributed by atoms with Crippen molar-refractivity contribution in [1.82, 2.24) is 0 Å². The van der Waals surface area contributed by atoms with Crippen LogP contribution in [0.2, 0.25) is 0 Å². The first kappa shape index (κ1) is 12.3. The molecule has 0 bridgehead atoms. The Morgan fingerprint density at radius 1 is 1.39 bits per heavy atom. The van der Waals surface area contributed by atoms with Gasteiger partial charge in [0.1, 0.15) is 17.7 Å². The zero-order chi connectivity index (χ0) is 12.5. The van der Waals surface area contributed by atoms with Crippen molar-refractivity contribution >= 4 is 11.8 Å². The molecule has 2 heterocycles. The van der Waals surface area contributed by atoms with Crippen LogP contribution >= 0.6 is 11.8 Å². The average Bonchev–Trinajstić information content (AvgIpc) is 2.40. The summed E-state index contributed by atoms with van der Waals surface area (Å²) in [6.45, 7) is 0. The van der Waals surface area contributed by atoms with E-state index in [9.17, 15) is 9.50 Å². The van der Waals surface area contributed by atoms with E-state index < -0.39 is 6.10 Å². The Morgan fingerprint density at radius 3 is 3.06 bits per heavy atom. The number of hydrogen-bond donors (Lipinski definition) is 1. The maximum absolute atomic E-state index is 13.1. The minimum Gasteiger partial charge on any atom is -0.490 e. The molecule has 4 heteroatoms. The number of aliphatic hydroxyl groups is 1. The standard InChI is InChI=1S/C14H17FO2S/c15-10-3-4-13-11(6-10)12(16)7-14(17-13)9-2-1-5-18-8-9/h3-4,6,9,12,14,16H,1-2,5,7-8H2. The van der Waals surface area contributed by atoms with Crippen molar-refractivity contribution in [2.75, 3.05) is 11.5 Å². The lowest BCUT2D eigenvalue weighted by Gasteiger charge is -2.36. The zero-order valence-corrected chi connectivity index (χ0v) is 11.0. The third kappa shape index (κ3) is 2.36. The van der Waals surface area contributed by atoms with E-state index >= 15 is 0 Å². The second-order valence-electron chi connectivity index (χ2n) is 5.07. The highest BCUT2D eigenvalue weighted by Crippen LogP contribution is 2.39. The summed E-state index contributed by atoms with van der Waals surface area (Å²) in [6.07, 6.45) is 2.46. The van der Waals surface area contributed by atoms with Gasteiger partial charge in [0.05, 0.1) is 6.10 Å². The van der Waals surface area contributed by atoms with E-state index in [1.807, 2.05) is 11.8 Å². The van der Waals surface area contributed by atoms with Crippen molar-refractivity contribution in [1.29, 1.82) is 0 Å². The quantitative estimate of drug-likeness (QED) is 0.848. The molecule has 0 radical (unpaired) electrons. The Balaban J connectivity index is 1.80. The van der Waals surface area contributed by atoms with Gasteiger partial charge in [-0.2, -0.15) is 11.8 Å². The predicted molar refractivity (Wildman–Crippen MR) is 70.4 cm³/mol. The molecule has 18 heavy (non-hydrogen) atoms. The van der Waals surface area contributed by atoms with Gasteiger partial charge < -0.3 is 9.84 Å². The molecule has 3 unspecified atom stereocenters. The highest BCUT2D eigenvalue weighted by Gasteiger charge is 2.33. The van der Waals surface area contributed by atoms with Crippen LogP contribution < -0.4 is 4.74 Å². The van der Waals surface area contributed by atoms with Crippen LogP contribution in [0.15, 0.2) is 18.2 Å². The van der Waals surface area contributed by atoms with Gasteiger partial charge in [-0.25, -0.2) is 4.39 Å². The summed E-state index contributed by atoms with van der Waals surface area (Å²) >= 11 is 1.96. The molecule has 2 nitrogen and oxygen atoms in total. The largest absolute Gasteiger partial charge is 0.490 e. The smallest absolute Gasteiger partial charge is 0.125 e.